The van der Waals surface area contributed by atoms with Crippen molar-refractivity contribution in [3.05, 3.63) is 59.3 Å². The Morgan fingerprint density at radius 1 is 1.15 bits per heavy atom. The zero-order chi connectivity index (χ0) is 17.9. The maximum atomic E-state index is 12.9. The summed E-state index contributed by atoms with van der Waals surface area (Å²) < 4.78 is 0. The van der Waals surface area contributed by atoms with Crippen molar-refractivity contribution in [2.75, 3.05) is 31.1 Å². The summed E-state index contributed by atoms with van der Waals surface area (Å²) in [4.78, 5) is 21.3. The molecule has 1 N–H and O–H groups in total. The van der Waals surface area contributed by atoms with Gasteiger partial charge in [0.2, 0.25) is 5.91 Å². The van der Waals surface area contributed by atoms with Gasteiger partial charge in [-0.25, -0.2) is 4.98 Å². The SMILES string of the molecule is N#Cc1ccnc(N2CCN(C(=O)C3Cc4ccccc4CN3)CC2)c1. The molecule has 4 rings (SSSR count). The molecule has 0 bridgehead atoms. The summed E-state index contributed by atoms with van der Waals surface area (Å²) in [6.45, 7) is 3.57. The molecule has 0 saturated carbocycles. The first-order valence-corrected chi connectivity index (χ1v) is 8.94. The quantitative estimate of drug-likeness (QED) is 0.887. The van der Waals surface area contributed by atoms with Crippen LogP contribution in [0.2, 0.25) is 0 Å². The second kappa shape index (κ2) is 7.14. The highest BCUT2D eigenvalue weighted by Crippen LogP contribution is 2.19. The van der Waals surface area contributed by atoms with Gasteiger partial charge in [0.15, 0.2) is 0 Å². The number of carbonyl (C=O) groups is 1. The number of rotatable bonds is 2. The first-order valence-electron chi connectivity index (χ1n) is 8.94. The molecule has 6 heteroatoms. The molecule has 1 atom stereocenters. The number of carbonyl (C=O) groups excluding carboxylic acids is 1. The summed E-state index contributed by atoms with van der Waals surface area (Å²) in [7, 11) is 0. The Morgan fingerprint density at radius 2 is 1.92 bits per heavy atom. The van der Waals surface area contributed by atoms with E-state index < -0.39 is 0 Å². The molecule has 1 saturated heterocycles. The van der Waals surface area contributed by atoms with Crippen LogP contribution in [0.4, 0.5) is 5.82 Å². The molecule has 0 radical (unpaired) electrons. The van der Waals surface area contributed by atoms with Crippen LogP contribution in [0.3, 0.4) is 0 Å². The molecule has 1 aromatic carbocycles. The van der Waals surface area contributed by atoms with Gasteiger partial charge in [0.1, 0.15) is 5.82 Å². The van der Waals surface area contributed by atoms with E-state index in [2.05, 4.69) is 33.4 Å². The van der Waals surface area contributed by atoms with Crippen molar-refractivity contribution in [2.45, 2.75) is 19.0 Å². The normalized spacial score (nSPS) is 19.6. The predicted molar refractivity (Wildman–Crippen MR) is 98.5 cm³/mol. The molecule has 26 heavy (non-hydrogen) atoms. The number of nitrogens with one attached hydrogen (secondary N) is 1. The van der Waals surface area contributed by atoms with Crippen molar-refractivity contribution >= 4 is 11.7 Å². The Labute approximate surface area is 153 Å². The fourth-order valence-electron chi connectivity index (χ4n) is 3.67. The molecule has 0 aliphatic carbocycles. The minimum Gasteiger partial charge on any atom is -0.353 e. The molecule has 2 aliphatic rings. The van der Waals surface area contributed by atoms with Gasteiger partial charge in [0, 0.05) is 38.9 Å². The lowest BCUT2D eigenvalue weighted by Crippen LogP contribution is -2.55. The molecule has 1 amide bonds. The van der Waals surface area contributed by atoms with E-state index in [0.717, 1.165) is 31.9 Å². The molecule has 0 spiro atoms. The third-order valence-corrected chi connectivity index (χ3v) is 5.17. The van der Waals surface area contributed by atoms with E-state index in [1.807, 2.05) is 17.0 Å². The van der Waals surface area contributed by atoms with Crippen LogP contribution in [0.5, 0.6) is 0 Å². The average Bonchev–Trinajstić information content (AvgIpc) is 2.73. The minimum atomic E-state index is -0.142. The molecule has 2 aromatic rings. The van der Waals surface area contributed by atoms with Crippen molar-refractivity contribution < 1.29 is 4.79 Å². The topological polar surface area (TPSA) is 72.3 Å². The average molecular weight is 347 g/mol. The number of nitriles is 1. The molecule has 1 unspecified atom stereocenters. The number of amides is 1. The minimum absolute atomic E-state index is 0.142. The van der Waals surface area contributed by atoms with Crippen LogP contribution in [0.25, 0.3) is 0 Å². The lowest BCUT2D eigenvalue weighted by atomic mass is 9.95. The fraction of sp³-hybridized carbons (Fsp3) is 0.350. The number of fused-ring (bicyclic) bond motifs is 1. The lowest BCUT2D eigenvalue weighted by Gasteiger charge is -2.38. The highest BCUT2D eigenvalue weighted by molar-refractivity contribution is 5.83. The number of nitrogens with zero attached hydrogens (tertiary/aromatic N) is 4. The molecule has 1 fully saturated rings. The van der Waals surface area contributed by atoms with Crippen LogP contribution in [0.15, 0.2) is 42.6 Å². The number of piperazine rings is 1. The first-order chi connectivity index (χ1) is 12.7. The largest absolute Gasteiger partial charge is 0.353 e. The van der Waals surface area contributed by atoms with E-state index in [1.165, 1.54) is 11.1 Å². The fourth-order valence-corrected chi connectivity index (χ4v) is 3.67. The maximum absolute atomic E-state index is 12.9. The lowest BCUT2D eigenvalue weighted by molar-refractivity contribution is -0.134. The summed E-state index contributed by atoms with van der Waals surface area (Å²) in [5, 5.41) is 12.4. The maximum Gasteiger partial charge on any atom is 0.240 e. The number of hydrogen-bond donors (Lipinski definition) is 1. The predicted octanol–water partition coefficient (Wildman–Crippen LogP) is 1.32. The monoisotopic (exact) mass is 347 g/mol. The summed E-state index contributed by atoms with van der Waals surface area (Å²) in [6, 6.07) is 13.8. The van der Waals surface area contributed by atoms with Gasteiger partial charge in [0.05, 0.1) is 17.7 Å². The summed E-state index contributed by atoms with van der Waals surface area (Å²) in [5.41, 5.74) is 3.16. The van der Waals surface area contributed by atoms with Crippen LogP contribution in [-0.4, -0.2) is 48.0 Å². The van der Waals surface area contributed by atoms with Crippen molar-refractivity contribution in [3.8, 4) is 6.07 Å². The number of pyridine rings is 1. The highest BCUT2D eigenvalue weighted by Gasteiger charge is 2.30. The Bertz CT molecular complexity index is 851. The standard InChI is InChI=1S/C20H21N5O/c21-13-15-5-6-22-19(11-15)24-7-9-25(10-8-24)20(26)18-12-16-3-1-2-4-17(16)14-23-18/h1-6,11,18,23H,7-10,12,14H2. The van der Waals surface area contributed by atoms with Crippen LogP contribution in [-0.2, 0) is 17.8 Å². The Balaban J connectivity index is 1.37. The van der Waals surface area contributed by atoms with Crippen LogP contribution < -0.4 is 10.2 Å². The number of anilines is 1. The van der Waals surface area contributed by atoms with Gasteiger partial charge < -0.3 is 15.1 Å². The van der Waals surface area contributed by atoms with Gasteiger partial charge in [-0.2, -0.15) is 5.26 Å². The van der Waals surface area contributed by atoms with Gasteiger partial charge in [-0.3, -0.25) is 4.79 Å². The van der Waals surface area contributed by atoms with E-state index in [9.17, 15) is 4.79 Å². The molecule has 2 aliphatic heterocycles. The molecule has 6 nitrogen and oxygen atoms in total. The Morgan fingerprint density at radius 3 is 2.69 bits per heavy atom. The van der Waals surface area contributed by atoms with Gasteiger partial charge in [-0.15, -0.1) is 0 Å². The Hall–Kier alpha value is -2.91. The van der Waals surface area contributed by atoms with Gasteiger partial charge >= 0.3 is 0 Å². The first kappa shape index (κ1) is 16.6. The highest BCUT2D eigenvalue weighted by atomic mass is 16.2. The second-order valence-electron chi connectivity index (χ2n) is 6.73. The van der Waals surface area contributed by atoms with Gasteiger partial charge in [0.25, 0.3) is 0 Å². The molecule has 1 aromatic heterocycles. The summed E-state index contributed by atoms with van der Waals surface area (Å²) >= 11 is 0. The third kappa shape index (κ3) is 3.26. The molecular formula is C20H21N5O. The molecule has 132 valence electrons. The molecule has 3 heterocycles. The van der Waals surface area contributed by atoms with Crippen LogP contribution >= 0.6 is 0 Å². The van der Waals surface area contributed by atoms with E-state index in [-0.39, 0.29) is 11.9 Å². The van der Waals surface area contributed by atoms with Crippen molar-refractivity contribution in [1.29, 1.82) is 5.26 Å². The van der Waals surface area contributed by atoms with E-state index in [4.69, 9.17) is 5.26 Å². The second-order valence-corrected chi connectivity index (χ2v) is 6.73. The summed E-state index contributed by atoms with van der Waals surface area (Å²) in [5.74, 6) is 0.985. The number of benzene rings is 1. The van der Waals surface area contributed by atoms with Gasteiger partial charge in [-0.1, -0.05) is 24.3 Å². The third-order valence-electron chi connectivity index (χ3n) is 5.17. The zero-order valence-corrected chi connectivity index (χ0v) is 14.6. The van der Waals surface area contributed by atoms with Crippen molar-refractivity contribution in [3.63, 3.8) is 0 Å². The van der Waals surface area contributed by atoms with Crippen LogP contribution in [0, 0.1) is 11.3 Å². The van der Waals surface area contributed by atoms with E-state index in [1.54, 1.807) is 18.3 Å². The van der Waals surface area contributed by atoms with Crippen LogP contribution in [0.1, 0.15) is 16.7 Å². The number of hydrogen-bond acceptors (Lipinski definition) is 5. The van der Waals surface area contributed by atoms with E-state index in [0.29, 0.717) is 18.7 Å². The van der Waals surface area contributed by atoms with E-state index >= 15 is 0 Å². The molecular weight excluding hydrogens is 326 g/mol. The Kier molecular flexibility index (Phi) is 4.55. The van der Waals surface area contributed by atoms with Crippen molar-refractivity contribution in [2.24, 2.45) is 0 Å². The van der Waals surface area contributed by atoms with Gasteiger partial charge in [-0.05, 0) is 29.7 Å². The number of aromatic nitrogens is 1. The smallest absolute Gasteiger partial charge is 0.240 e. The summed E-state index contributed by atoms with van der Waals surface area (Å²) in [6.07, 6.45) is 2.41. The zero-order valence-electron chi connectivity index (χ0n) is 14.6. The van der Waals surface area contributed by atoms with Crippen molar-refractivity contribution in [1.82, 2.24) is 15.2 Å².